The van der Waals surface area contributed by atoms with E-state index in [0.29, 0.717) is 12.0 Å². The van der Waals surface area contributed by atoms with Gasteiger partial charge in [-0.15, -0.1) is 0 Å². The summed E-state index contributed by atoms with van der Waals surface area (Å²) in [6.45, 7) is 3.89. The van der Waals surface area contributed by atoms with E-state index in [9.17, 15) is 9.59 Å². The zero-order valence-electron chi connectivity index (χ0n) is 15.5. The van der Waals surface area contributed by atoms with Crippen LogP contribution in [0.2, 0.25) is 0 Å². The summed E-state index contributed by atoms with van der Waals surface area (Å²) in [5.41, 5.74) is 2.62. The largest absolute Gasteiger partial charge is 0.348 e. The highest BCUT2D eigenvalue weighted by Crippen LogP contribution is 2.12. The first-order valence-corrected chi connectivity index (χ1v) is 10.1. The molecule has 0 aliphatic rings. The van der Waals surface area contributed by atoms with Gasteiger partial charge in [0.25, 0.3) is 5.91 Å². The third-order valence-electron chi connectivity index (χ3n) is 4.17. The van der Waals surface area contributed by atoms with Gasteiger partial charge in [-0.05, 0) is 50.0 Å². The molecule has 0 saturated carbocycles. The molecule has 5 heteroatoms. The molecule has 0 radical (unpaired) electrons. The maximum Gasteiger partial charge on any atom is 0.251 e. The maximum absolute atomic E-state index is 12.7. The fourth-order valence-electron chi connectivity index (χ4n) is 2.67. The second-order valence-corrected chi connectivity index (χ2v) is 7.30. The molecule has 2 rings (SSSR count). The number of amides is 2. The normalized spacial score (nSPS) is 12.9. The molecule has 2 aromatic rings. The number of rotatable bonds is 8. The van der Waals surface area contributed by atoms with E-state index in [0.717, 1.165) is 16.9 Å². The van der Waals surface area contributed by atoms with Crippen molar-refractivity contribution in [1.29, 1.82) is 0 Å². The molecule has 0 unspecified atom stereocenters. The van der Waals surface area contributed by atoms with Crippen LogP contribution in [0.25, 0.3) is 0 Å². The summed E-state index contributed by atoms with van der Waals surface area (Å²) in [4.78, 5) is 25.3. The topological polar surface area (TPSA) is 58.2 Å². The van der Waals surface area contributed by atoms with Crippen LogP contribution in [0.15, 0.2) is 54.6 Å². The Labute approximate surface area is 159 Å². The van der Waals surface area contributed by atoms with Gasteiger partial charge < -0.3 is 10.6 Å². The minimum absolute atomic E-state index is 0.114. The molecule has 0 aliphatic heterocycles. The lowest BCUT2D eigenvalue weighted by Gasteiger charge is -2.21. The Hall–Kier alpha value is -2.27. The quantitative estimate of drug-likeness (QED) is 0.744. The molecule has 2 N–H and O–H groups in total. The van der Waals surface area contributed by atoms with Crippen molar-refractivity contribution in [3.8, 4) is 0 Å². The highest BCUT2D eigenvalue weighted by Gasteiger charge is 2.22. The molecule has 0 heterocycles. The molecule has 0 saturated heterocycles. The summed E-state index contributed by atoms with van der Waals surface area (Å²) in [5, 5.41) is 5.90. The summed E-state index contributed by atoms with van der Waals surface area (Å²) in [7, 11) is 0. The molecule has 0 bridgehead atoms. The molecule has 4 nitrogen and oxygen atoms in total. The third kappa shape index (κ3) is 5.92. The Morgan fingerprint density at radius 1 is 1.04 bits per heavy atom. The number of carbonyl (C=O) groups excluding carboxylic acids is 2. The van der Waals surface area contributed by atoms with Crippen molar-refractivity contribution in [2.24, 2.45) is 0 Å². The Balaban J connectivity index is 2.05. The second kappa shape index (κ2) is 10.0. The summed E-state index contributed by atoms with van der Waals surface area (Å²) >= 11 is 1.66. The number of benzene rings is 2. The minimum Gasteiger partial charge on any atom is -0.348 e. The Kier molecular flexibility index (Phi) is 7.73. The van der Waals surface area contributed by atoms with Crippen molar-refractivity contribution in [2.45, 2.75) is 32.4 Å². The van der Waals surface area contributed by atoms with Crippen LogP contribution in [0.4, 0.5) is 0 Å². The maximum atomic E-state index is 12.7. The van der Waals surface area contributed by atoms with Gasteiger partial charge in [0.15, 0.2) is 0 Å². The summed E-state index contributed by atoms with van der Waals surface area (Å²) in [6.07, 6.45) is 2.58. The van der Waals surface area contributed by atoms with E-state index in [-0.39, 0.29) is 17.9 Å². The van der Waals surface area contributed by atoms with Gasteiger partial charge in [-0.3, -0.25) is 9.59 Å². The van der Waals surface area contributed by atoms with Gasteiger partial charge in [-0.2, -0.15) is 11.8 Å². The van der Waals surface area contributed by atoms with Crippen LogP contribution < -0.4 is 10.6 Å². The fourth-order valence-corrected chi connectivity index (χ4v) is 3.14. The van der Waals surface area contributed by atoms with Crippen LogP contribution in [0.1, 0.15) is 40.9 Å². The Morgan fingerprint density at radius 3 is 2.42 bits per heavy atom. The van der Waals surface area contributed by atoms with Crippen molar-refractivity contribution in [2.75, 3.05) is 12.0 Å². The predicted molar refractivity (Wildman–Crippen MR) is 108 cm³/mol. The van der Waals surface area contributed by atoms with Gasteiger partial charge in [-0.1, -0.05) is 48.0 Å². The second-order valence-electron chi connectivity index (χ2n) is 6.32. The van der Waals surface area contributed by atoms with E-state index in [1.165, 1.54) is 0 Å². The van der Waals surface area contributed by atoms with Crippen molar-refractivity contribution in [3.05, 3.63) is 71.3 Å². The lowest BCUT2D eigenvalue weighted by atomic mass is 10.1. The highest BCUT2D eigenvalue weighted by atomic mass is 32.2. The van der Waals surface area contributed by atoms with Crippen molar-refractivity contribution in [1.82, 2.24) is 10.6 Å². The molecular formula is C21H26N2O2S. The van der Waals surface area contributed by atoms with Crippen molar-refractivity contribution < 1.29 is 9.59 Å². The molecule has 2 aromatic carbocycles. The molecule has 0 aliphatic carbocycles. The van der Waals surface area contributed by atoms with Crippen LogP contribution in [0.5, 0.6) is 0 Å². The van der Waals surface area contributed by atoms with Gasteiger partial charge in [-0.25, -0.2) is 0 Å². The van der Waals surface area contributed by atoms with Crippen LogP contribution in [0, 0.1) is 6.92 Å². The van der Waals surface area contributed by atoms with E-state index in [2.05, 4.69) is 10.6 Å². The first kappa shape index (κ1) is 20.0. The number of thioether (sulfide) groups is 1. The molecule has 26 heavy (non-hydrogen) atoms. The molecule has 2 atom stereocenters. The van der Waals surface area contributed by atoms with Crippen LogP contribution in [-0.2, 0) is 4.79 Å². The molecule has 138 valence electrons. The number of hydrogen-bond donors (Lipinski definition) is 2. The number of carbonyl (C=O) groups is 2. The van der Waals surface area contributed by atoms with E-state index < -0.39 is 6.04 Å². The summed E-state index contributed by atoms with van der Waals surface area (Å²) < 4.78 is 0. The lowest BCUT2D eigenvalue weighted by Crippen LogP contribution is -2.47. The zero-order valence-corrected chi connectivity index (χ0v) is 16.3. The average molecular weight is 371 g/mol. The first-order chi connectivity index (χ1) is 12.5. The van der Waals surface area contributed by atoms with E-state index in [1.54, 1.807) is 17.8 Å². The minimum atomic E-state index is -0.554. The zero-order chi connectivity index (χ0) is 18.9. The van der Waals surface area contributed by atoms with Gasteiger partial charge in [0.2, 0.25) is 5.91 Å². The first-order valence-electron chi connectivity index (χ1n) is 8.73. The van der Waals surface area contributed by atoms with Crippen molar-refractivity contribution >= 4 is 23.6 Å². The number of nitrogens with one attached hydrogen (secondary N) is 2. The third-order valence-corrected chi connectivity index (χ3v) is 4.82. The predicted octanol–water partition coefficient (Wildman–Crippen LogP) is 3.72. The lowest BCUT2D eigenvalue weighted by molar-refractivity contribution is -0.123. The molecule has 0 spiro atoms. The molecule has 0 aromatic heterocycles. The number of hydrogen-bond acceptors (Lipinski definition) is 3. The van der Waals surface area contributed by atoms with Gasteiger partial charge in [0, 0.05) is 5.56 Å². The summed E-state index contributed by atoms with van der Waals surface area (Å²) in [5.74, 6) is 0.421. The summed E-state index contributed by atoms with van der Waals surface area (Å²) in [6, 6.07) is 16.5. The van der Waals surface area contributed by atoms with Crippen LogP contribution >= 0.6 is 11.8 Å². The van der Waals surface area contributed by atoms with E-state index in [4.69, 9.17) is 0 Å². The van der Waals surface area contributed by atoms with Crippen LogP contribution in [-0.4, -0.2) is 29.9 Å². The SMILES string of the molecule is CSCC[C@H](NC(=O)c1cccc(C)c1)C(=O)N[C@@H](C)c1ccccc1. The molecule has 0 fully saturated rings. The van der Waals surface area contributed by atoms with Gasteiger partial charge in [0.05, 0.1) is 6.04 Å². The Morgan fingerprint density at radius 2 is 1.77 bits per heavy atom. The molecular weight excluding hydrogens is 344 g/mol. The fraction of sp³-hybridized carbons (Fsp3) is 0.333. The van der Waals surface area contributed by atoms with E-state index >= 15 is 0 Å². The Bertz CT molecular complexity index is 734. The monoisotopic (exact) mass is 370 g/mol. The van der Waals surface area contributed by atoms with Crippen LogP contribution in [0.3, 0.4) is 0 Å². The highest BCUT2D eigenvalue weighted by molar-refractivity contribution is 7.98. The number of aryl methyl sites for hydroxylation is 1. The molecule has 2 amide bonds. The smallest absolute Gasteiger partial charge is 0.251 e. The van der Waals surface area contributed by atoms with Gasteiger partial charge >= 0.3 is 0 Å². The van der Waals surface area contributed by atoms with Gasteiger partial charge in [0.1, 0.15) is 6.04 Å². The average Bonchev–Trinajstić information content (AvgIpc) is 2.65. The standard InChI is InChI=1S/C21H26N2O2S/c1-15-8-7-11-18(14-15)20(24)23-19(12-13-26-3)21(25)22-16(2)17-9-5-4-6-10-17/h4-11,14,16,19H,12-13H2,1-3H3,(H,22,25)(H,23,24)/t16-,19-/m0/s1. The van der Waals surface area contributed by atoms with E-state index in [1.807, 2.05) is 68.6 Å². The van der Waals surface area contributed by atoms with Crippen molar-refractivity contribution in [3.63, 3.8) is 0 Å².